The van der Waals surface area contributed by atoms with Gasteiger partial charge in [-0.2, -0.15) is 0 Å². The number of carbonyl (C=O) groups excluding carboxylic acids is 1. The lowest BCUT2D eigenvalue weighted by molar-refractivity contribution is -0.114. The first kappa shape index (κ1) is 20.0. The van der Waals surface area contributed by atoms with E-state index in [2.05, 4.69) is 21.2 Å². The fourth-order valence-corrected chi connectivity index (χ4v) is 3.64. The van der Waals surface area contributed by atoms with E-state index in [-0.39, 0.29) is 6.54 Å². The lowest BCUT2D eigenvalue weighted by atomic mass is 10.2. The second-order valence-corrected chi connectivity index (χ2v) is 8.98. The summed E-state index contributed by atoms with van der Waals surface area (Å²) in [4.78, 5) is 12.3. The van der Waals surface area contributed by atoms with Gasteiger partial charge in [-0.3, -0.25) is 9.10 Å². The summed E-state index contributed by atoms with van der Waals surface area (Å²) in [7, 11) is -3.68. The molecule has 0 aliphatic rings. The Labute approximate surface area is 165 Å². The Hall–Kier alpha value is -1.28. The molecule has 1 amide bonds. The Morgan fingerprint density at radius 3 is 2.48 bits per heavy atom. The summed E-state index contributed by atoms with van der Waals surface area (Å²) in [6, 6.07) is 9.78. The zero-order chi connectivity index (χ0) is 18.8. The Bertz CT molecular complexity index is 920. The Morgan fingerprint density at radius 2 is 1.88 bits per heavy atom. The standard InChI is InChI=1S/C16H15BrCl2N2O3S/c1-10-3-4-11(18)7-15(10)21(25(2,23)24)9-16(22)20-12-5-6-13(17)14(19)8-12/h3-8H,9H2,1-2H3,(H,20,22). The maximum absolute atomic E-state index is 12.3. The summed E-state index contributed by atoms with van der Waals surface area (Å²) in [6.07, 6.45) is 1.04. The minimum absolute atomic E-state index is 0.360. The average Bonchev–Trinajstić information content (AvgIpc) is 2.50. The molecular formula is C16H15BrCl2N2O3S. The van der Waals surface area contributed by atoms with Gasteiger partial charge in [-0.1, -0.05) is 29.3 Å². The van der Waals surface area contributed by atoms with Crippen molar-refractivity contribution in [1.29, 1.82) is 0 Å². The van der Waals surface area contributed by atoms with Crippen molar-refractivity contribution in [3.8, 4) is 0 Å². The number of halogens is 3. The number of rotatable bonds is 5. The van der Waals surface area contributed by atoms with Gasteiger partial charge in [0.15, 0.2) is 0 Å². The molecule has 5 nitrogen and oxygen atoms in total. The van der Waals surface area contributed by atoms with Crippen molar-refractivity contribution in [2.75, 3.05) is 22.4 Å². The van der Waals surface area contributed by atoms with Crippen LogP contribution in [0.15, 0.2) is 40.9 Å². The van der Waals surface area contributed by atoms with Crippen molar-refractivity contribution in [2.24, 2.45) is 0 Å². The van der Waals surface area contributed by atoms with Crippen molar-refractivity contribution < 1.29 is 13.2 Å². The van der Waals surface area contributed by atoms with Crippen LogP contribution in [0.5, 0.6) is 0 Å². The lowest BCUT2D eigenvalue weighted by Crippen LogP contribution is -2.37. The molecule has 134 valence electrons. The fraction of sp³-hybridized carbons (Fsp3) is 0.188. The van der Waals surface area contributed by atoms with Gasteiger partial charge in [0.1, 0.15) is 6.54 Å². The normalized spacial score (nSPS) is 11.2. The number of amides is 1. The highest BCUT2D eigenvalue weighted by molar-refractivity contribution is 9.10. The first-order valence-corrected chi connectivity index (χ1v) is 10.5. The highest BCUT2D eigenvalue weighted by atomic mass is 79.9. The minimum Gasteiger partial charge on any atom is -0.324 e. The molecule has 0 saturated carbocycles. The van der Waals surface area contributed by atoms with Crippen LogP contribution in [-0.2, 0) is 14.8 Å². The summed E-state index contributed by atoms with van der Waals surface area (Å²) in [5.74, 6) is -0.497. The summed E-state index contributed by atoms with van der Waals surface area (Å²) in [5, 5.41) is 3.45. The maximum atomic E-state index is 12.3. The third kappa shape index (κ3) is 5.34. The average molecular weight is 466 g/mol. The Kier molecular flexibility index (Phi) is 6.37. The first-order valence-electron chi connectivity index (χ1n) is 7.06. The number of nitrogens with one attached hydrogen (secondary N) is 1. The Morgan fingerprint density at radius 1 is 1.20 bits per heavy atom. The van der Waals surface area contributed by atoms with E-state index in [0.29, 0.717) is 31.5 Å². The van der Waals surface area contributed by atoms with E-state index in [0.717, 1.165) is 10.6 Å². The second kappa shape index (κ2) is 7.95. The number of aryl methyl sites for hydroxylation is 1. The van der Waals surface area contributed by atoms with Crippen LogP contribution in [0.25, 0.3) is 0 Å². The van der Waals surface area contributed by atoms with Crippen molar-refractivity contribution in [3.63, 3.8) is 0 Å². The van der Waals surface area contributed by atoms with E-state index in [1.807, 2.05) is 0 Å². The predicted octanol–water partition coefficient (Wildman–Crippen LogP) is 4.47. The molecule has 1 N–H and O–H groups in total. The van der Waals surface area contributed by atoms with E-state index >= 15 is 0 Å². The third-order valence-corrected chi connectivity index (χ3v) is 5.92. The topological polar surface area (TPSA) is 66.5 Å². The molecule has 0 atom stereocenters. The van der Waals surface area contributed by atoms with Crippen LogP contribution in [-0.4, -0.2) is 27.1 Å². The quantitative estimate of drug-likeness (QED) is 0.708. The smallest absolute Gasteiger partial charge is 0.245 e. The number of hydrogen-bond donors (Lipinski definition) is 1. The maximum Gasteiger partial charge on any atom is 0.245 e. The molecular weight excluding hydrogens is 451 g/mol. The highest BCUT2D eigenvalue weighted by Gasteiger charge is 2.22. The molecule has 0 radical (unpaired) electrons. The van der Waals surface area contributed by atoms with Gasteiger partial charge in [0.25, 0.3) is 0 Å². The fourth-order valence-electron chi connectivity index (χ4n) is 2.14. The van der Waals surface area contributed by atoms with Crippen LogP contribution in [0.1, 0.15) is 5.56 Å². The molecule has 0 heterocycles. The minimum atomic E-state index is -3.68. The van der Waals surface area contributed by atoms with Gasteiger partial charge < -0.3 is 5.32 Å². The van der Waals surface area contributed by atoms with Crippen molar-refractivity contribution in [2.45, 2.75) is 6.92 Å². The molecule has 0 unspecified atom stereocenters. The van der Waals surface area contributed by atoms with Crippen molar-refractivity contribution in [3.05, 3.63) is 56.5 Å². The summed E-state index contributed by atoms with van der Waals surface area (Å²) < 4.78 is 26.0. The molecule has 2 aromatic carbocycles. The number of hydrogen-bond acceptors (Lipinski definition) is 3. The molecule has 0 saturated heterocycles. The van der Waals surface area contributed by atoms with Crippen LogP contribution in [0, 0.1) is 6.92 Å². The van der Waals surface area contributed by atoms with Crippen molar-refractivity contribution in [1.82, 2.24) is 0 Å². The van der Waals surface area contributed by atoms with Gasteiger partial charge in [0.05, 0.1) is 17.0 Å². The van der Waals surface area contributed by atoms with E-state index in [1.165, 1.54) is 6.07 Å². The Balaban J connectivity index is 2.27. The monoisotopic (exact) mass is 464 g/mol. The van der Waals surface area contributed by atoms with E-state index in [1.54, 1.807) is 37.3 Å². The molecule has 2 aromatic rings. The molecule has 0 aliphatic carbocycles. The number of sulfonamides is 1. The summed E-state index contributed by atoms with van der Waals surface area (Å²) >= 11 is 15.2. The number of benzene rings is 2. The first-order chi connectivity index (χ1) is 11.6. The molecule has 0 aromatic heterocycles. The van der Waals surface area contributed by atoms with Crippen LogP contribution in [0.3, 0.4) is 0 Å². The third-order valence-electron chi connectivity index (χ3n) is 3.33. The zero-order valence-electron chi connectivity index (χ0n) is 13.4. The number of anilines is 2. The van der Waals surface area contributed by atoms with Gasteiger partial charge in [-0.25, -0.2) is 8.42 Å². The molecule has 25 heavy (non-hydrogen) atoms. The number of carbonyl (C=O) groups is 1. The molecule has 0 aliphatic heterocycles. The van der Waals surface area contributed by atoms with Crippen LogP contribution in [0.4, 0.5) is 11.4 Å². The molecule has 0 fully saturated rings. The molecule has 9 heteroatoms. The lowest BCUT2D eigenvalue weighted by Gasteiger charge is -2.24. The van der Waals surface area contributed by atoms with E-state index in [9.17, 15) is 13.2 Å². The van der Waals surface area contributed by atoms with Gasteiger partial charge in [-0.05, 0) is 58.7 Å². The second-order valence-electron chi connectivity index (χ2n) is 5.38. The predicted molar refractivity (Wildman–Crippen MR) is 106 cm³/mol. The van der Waals surface area contributed by atoms with Crippen molar-refractivity contribution >= 4 is 66.4 Å². The SMILES string of the molecule is Cc1ccc(Cl)cc1N(CC(=O)Nc1ccc(Br)c(Cl)c1)S(C)(=O)=O. The summed E-state index contributed by atoms with van der Waals surface area (Å²) in [6.45, 7) is 1.37. The van der Waals surface area contributed by atoms with Gasteiger partial charge in [0, 0.05) is 15.2 Å². The van der Waals surface area contributed by atoms with Crippen LogP contribution in [0.2, 0.25) is 10.0 Å². The zero-order valence-corrected chi connectivity index (χ0v) is 17.3. The van der Waals surface area contributed by atoms with Gasteiger partial charge in [-0.15, -0.1) is 0 Å². The van der Waals surface area contributed by atoms with Gasteiger partial charge in [0.2, 0.25) is 15.9 Å². The van der Waals surface area contributed by atoms with E-state index < -0.39 is 15.9 Å². The van der Waals surface area contributed by atoms with Crippen LogP contribution >= 0.6 is 39.1 Å². The molecule has 2 rings (SSSR count). The molecule has 0 bridgehead atoms. The highest BCUT2D eigenvalue weighted by Crippen LogP contribution is 2.27. The molecule has 0 spiro atoms. The van der Waals surface area contributed by atoms with Gasteiger partial charge >= 0.3 is 0 Å². The number of nitrogens with zero attached hydrogens (tertiary/aromatic N) is 1. The van der Waals surface area contributed by atoms with E-state index in [4.69, 9.17) is 23.2 Å². The summed E-state index contributed by atoms with van der Waals surface area (Å²) in [5.41, 5.74) is 1.52. The largest absolute Gasteiger partial charge is 0.324 e. The van der Waals surface area contributed by atoms with Crippen LogP contribution < -0.4 is 9.62 Å².